The highest BCUT2D eigenvalue weighted by Gasteiger charge is 2.35. The predicted octanol–water partition coefficient (Wildman–Crippen LogP) is 8.94. The fourth-order valence-electron chi connectivity index (χ4n) is 7.99. The minimum absolute atomic E-state index is 0.0534. The van der Waals surface area contributed by atoms with Gasteiger partial charge < -0.3 is 9.73 Å². The number of nitrogens with one attached hydrogen (secondary N) is 1. The van der Waals surface area contributed by atoms with Gasteiger partial charge in [-0.15, -0.1) is 0 Å². The Balaban J connectivity index is 1.18. The molecule has 1 atom stereocenters. The number of furan rings is 1. The van der Waals surface area contributed by atoms with E-state index < -0.39 is 0 Å². The van der Waals surface area contributed by atoms with Crippen molar-refractivity contribution < 1.29 is 4.42 Å². The number of rotatable bonds is 4. The molecule has 10 rings (SSSR count). The van der Waals surface area contributed by atoms with Gasteiger partial charge in [-0.1, -0.05) is 135 Å². The average molecular weight is 644 g/mol. The van der Waals surface area contributed by atoms with Crippen LogP contribution in [0, 0.1) is 0 Å². The van der Waals surface area contributed by atoms with E-state index >= 15 is 0 Å². The molecule has 5 aromatic carbocycles. The van der Waals surface area contributed by atoms with Gasteiger partial charge in [-0.2, -0.15) is 0 Å². The van der Waals surface area contributed by atoms with Gasteiger partial charge in [0.2, 0.25) is 0 Å². The SMILES string of the molecule is CC1(C)c2ccccc2-c2ccc(-c3nc(-c4ccccc4)cc(-c4ccc5oc6c(c5c4)=C4C=CC=CC4NC=6c4ccccc4)n3)cc21. The Kier molecular flexibility index (Phi) is 6.25. The minimum Gasteiger partial charge on any atom is -0.454 e. The van der Waals surface area contributed by atoms with Crippen molar-refractivity contribution in [1.82, 2.24) is 15.3 Å². The first-order valence-corrected chi connectivity index (χ1v) is 17.2. The first-order valence-electron chi connectivity index (χ1n) is 17.2. The number of allylic oxidation sites excluding steroid dienone is 2. The lowest BCUT2D eigenvalue weighted by molar-refractivity contribution is 0.562. The van der Waals surface area contributed by atoms with E-state index in [-0.39, 0.29) is 11.5 Å². The zero-order valence-corrected chi connectivity index (χ0v) is 27.8. The van der Waals surface area contributed by atoms with E-state index in [1.165, 1.54) is 27.8 Å². The van der Waals surface area contributed by atoms with Gasteiger partial charge in [-0.25, -0.2) is 9.97 Å². The second-order valence-corrected chi connectivity index (χ2v) is 13.8. The summed E-state index contributed by atoms with van der Waals surface area (Å²) in [4.78, 5) is 10.5. The van der Waals surface area contributed by atoms with Gasteiger partial charge in [0, 0.05) is 38.3 Å². The lowest BCUT2D eigenvalue weighted by Gasteiger charge is -2.24. The fraction of sp³-hybridized carbons (Fsp3) is 0.0870. The smallest absolute Gasteiger partial charge is 0.160 e. The maximum atomic E-state index is 6.66. The maximum Gasteiger partial charge on any atom is 0.160 e. The van der Waals surface area contributed by atoms with Crippen molar-refractivity contribution in [3.05, 3.63) is 179 Å². The molecule has 0 saturated heterocycles. The number of fused-ring (bicyclic) bond motifs is 7. The van der Waals surface area contributed by atoms with Gasteiger partial charge in [0.05, 0.1) is 23.1 Å². The molecule has 0 amide bonds. The van der Waals surface area contributed by atoms with E-state index in [4.69, 9.17) is 14.4 Å². The highest BCUT2D eigenvalue weighted by Crippen LogP contribution is 2.49. The van der Waals surface area contributed by atoms with E-state index in [2.05, 4.69) is 159 Å². The molecule has 0 fully saturated rings. The van der Waals surface area contributed by atoms with E-state index in [9.17, 15) is 0 Å². The molecule has 4 nitrogen and oxygen atoms in total. The molecule has 4 heteroatoms. The monoisotopic (exact) mass is 643 g/mol. The average Bonchev–Trinajstić information content (AvgIpc) is 3.67. The number of nitrogens with zero attached hydrogens (tertiary/aromatic N) is 2. The van der Waals surface area contributed by atoms with Crippen LogP contribution < -0.4 is 16.0 Å². The summed E-state index contributed by atoms with van der Waals surface area (Å²) < 4.78 is 6.66. The van der Waals surface area contributed by atoms with Crippen LogP contribution >= 0.6 is 0 Å². The van der Waals surface area contributed by atoms with Gasteiger partial charge >= 0.3 is 0 Å². The third-order valence-corrected chi connectivity index (χ3v) is 10.5. The minimum atomic E-state index is -0.115. The normalized spacial score (nSPS) is 16.5. The zero-order chi connectivity index (χ0) is 33.4. The Morgan fingerprint density at radius 1 is 0.620 bits per heavy atom. The maximum absolute atomic E-state index is 6.66. The number of hydrogen-bond acceptors (Lipinski definition) is 4. The molecule has 1 aliphatic heterocycles. The Labute approximate surface area is 290 Å². The van der Waals surface area contributed by atoms with Crippen LogP contribution in [-0.2, 0) is 5.41 Å². The summed E-state index contributed by atoms with van der Waals surface area (Å²) in [7, 11) is 0. The highest BCUT2D eigenvalue weighted by atomic mass is 16.3. The molecule has 0 spiro atoms. The summed E-state index contributed by atoms with van der Waals surface area (Å²) in [5.41, 5.74) is 15.0. The van der Waals surface area contributed by atoms with Crippen LogP contribution in [0.1, 0.15) is 30.5 Å². The largest absolute Gasteiger partial charge is 0.454 e. The zero-order valence-electron chi connectivity index (χ0n) is 27.8. The Morgan fingerprint density at radius 2 is 1.32 bits per heavy atom. The third-order valence-electron chi connectivity index (χ3n) is 10.5. The van der Waals surface area contributed by atoms with Crippen LogP contribution in [0.2, 0.25) is 0 Å². The molecule has 2 aromatic heterocycles. The van der Waals surface area contributed by atoms with Crippen LogP contribution in [0.25, 0.3) is 67.3 Å². The van der Waals surface area contributed by atoms with Crippen molar-refractivity contribution in [2.45, 2.75) is 25.3 Å². The molecule has 50 heavy (non-hydrogen) atoms. The first kappa shape index (κ1) is 28.7. The molecular formula is C46H33N3O. The Morgan fingerprint density at radius 3 is 2.14 bits per heavy atom. The van der Waals surface area contributed by atoms with Crippen LogP contribution in [0.5, 0.6) is 0 Å². The Hall–Kier alpha value is -6.26. The van der Waals surface area contributed by atoms with Gasteiger partial charge in [-0.05, 0) is 58.2 Å². The lowest BCUT2D eigenvalue weighted by Crippen LogP contribution is -2.44. The number of benzene rings is 5. The molecule has 1 N–H and O–H groups in total. The van der Waals surface area contributed by atoms with Gasteiger partial charge in [0.25, 0.3) is 0 Å². The van der Waals surface area contributed by atoms with Crippen molar-refractivity contribution in [2.75, 3.05) is 0 Å². The summed E-state index contributed by atoms with van der Waals surface area (Å²) in [5, 5.41) is 5.95. The van der Waals surface area contributed by atoms with E-state index in [0.29, 0.717) is 5.82 Å². The molecule has 2 aliphatic carbocycles. The lowest BCUT2D eigenvalue weighted by atomic mass is 9.82. The van der Waals surface area contributed by atoms with Gasteiger partial charge in [0.15, 0.2) is 11.2 Å². The predicted molar refractivity (Wildman–Crippen MR) is 202 cm³/mol. The van der Waals surface area contributed by atoms with Crippen LogP contribution in [0.3, 0.4) is 0 Å². The van der Waals surface area contributed by atoms with Gasteiger partial charge in [0.1, 0.15) is 5.58 Å². The molecule has 0 saturated carbocycles. The van der Waals surface area contributed by atoms with Crippen LogP contribution in [0.4, 0.5) is 0 Å². The summed E-state index contributed by atoms with van der Waals surface area (Å²) in [5.74, 6) is 0.712. The molecule has 238 valence electrons. The van der Waals surface area contributed by atoms with Gasteiger partial charge in [-0.3, -0.25) is 0 Å². The molecule has 0 radical (unpaired) electrons. The van der Waals surface area contributed by atoms with Crippen molar-refractivity contribution in [3.63, 3.8) is 0 Å². The quantitative estimate of drug-likeness (QED) is 0.208. The molecule has 0 bridgehead atoms. The second-order valence-electron chi connectivity index (χ2n) is 13.8. The van der Waals surface area contributed by atoms with Crippen molar-refractivity contribution in [2.24, 2.45) is 0 Å². The fourth-order valence-corrected chi connectivity index (χ4v) is 7.99. The summed E-state index contributed by atoms with van der Waals surface area (Å²) in [6.07, 6.45) is 8.62. The number of hydrogen-bond donors (Lipinski definition) is 1. The molecule has 3 aliphatic rings. The molecule has 7 aromatic rings. The summed E-state index contributed by atoms with van der Waals surface area (Å²) in [6, 6.07) is 44.9. The second kappa shape index (κ2) is 10.9. The number of aromatic nitrogens is 2. The van der Waals surface area contributed by atoms with Crippen LogP contribution in [-0.4, -0.2) is 16.0 Å². The van der Waals surface area contributed by atoms with Crippen molar-refractivity contribution in [1.29, 1.82) is 0 Å². The van der Waals surface area contributed by atoms with E-state index in [1.807, 2.05) is 12.1 Å². The van der Waals surface area contributed by atoms with E-state index in [1.54, 1.807) is 0 Å². The first-order chi connectivity index (χ1) is 24.5. The molecule has 1 unspecified atom stereocenters. The summed E-state index contributed by atoms with van der Waals surface area (Å²) >= 11 is 0. The Bertz CT molecular complexity index is 2700. The molecular weight excluding hydrogens is 611 g/mol. The topological polar surface area (TPSA) is 51.0 Å². The third kappa shape index (κ3) is 4.38. The van der Waals surface area contributed by atoms with Crippen molar-refractivity contribution >= 4 is 22.2 Å². The standard InChI is InChI=1S/C46H33N3O/c1-46(2)36-19-11-9-17-32(36)33-23-21-31(26-37(33)46)45-48-39(28-13-5-3-6-14-28)27-40(49-45)30-22-24-41-35(25-30)42-34-18-10-12-20-38(34)47-43(44(42)50-41)29-15-7-4-8-16-29/h3-27,38,47H,1-2H3. The summed E-state index contributed by atoms with van der Waals surface area (Å²) in [6.45, 7) is 4.62. The molecule has 3 heterocycles. The van der Waals surface area contributed by atoms with E-state index in [0.717, 1.165) is 60.9 Å². The van der Waals surface area contributed by atoms with Crippen molar-refractivity contribution in [3.8, 4) is 45.0 Å². The van der Waals surface area contributed by atoms with Crippen LogP contribution in [0.15, 0.2) is 156 Å². The highest BCUT2D eigenvalue weighted by molar-refractivity contribution is 5.90.